The summed E-state index contributed by atoms with van der Waals surface area (Å²) in [6.07, 6.45) is 1.74. The van der Waals surface area contributed by atoms with E-state index in [0.717, 1.165) is 16.0 Å². The minimum atomic E-state index is -1.45. The van der Waals surface area contributed by atoms with E-state index in [9.17, 15) is 34.0 Å². The highest BCUT2D eigenvalue weighted by Crippen LogP contribution is 2.40. The molecule has 4 bridgehead atoms. The Kier molecular flexibility index (Phi) is 17.5. The van der Waals surface area contributed by atoms with E-state index in [1.54, 1.807) is 43.3 Å². The Hall–Kier alpha value is -7.43. The summed E-state index contributed by atoms with van der Waals surface area (Å²) in [5, 5.41) is 22.4. The number of amides is 6. The van der Waals surface area contributed by atoms with Crippen LogP contribution in [0, 0.1) is 18.3 Å². The molecule has 0 saturated heterocycles. The molecule has 1 aromatic heterocycles. The standard InChI is InChI=1S/C48H59N11O8/c1-28-36(26-54-42(55-28)31-8-11-33(12-9-31)48(3,4)5)44(62)57-37(15-19-52-27-60)47(65)59(6)41-32-10-14-40(67-22-18-51)35(25-32)34-23-30(7-13-39(34)66-21-17-50)24-38(45(63)53-20-16-49)58-43(61)29(2)56-46(41)64/h7-14,23,25-27,29,37-38,41H,15,17-22,24,50-51H2,1-6H3,(H,52,60)(H,53,63)(H,56,64)(H,57,62)(H,58,61)/t29-,37-,38-,41-/m0/s1. The van der Waals surface area contributed by atoms with Crippen molar-refractivity contribution >= 4 is 35.9 Å². The van der Waals surface area contributed by atoms with Crippen LogP contribution in [0.4, 0.5) is 0 Å². The maximum Gasteiger partial charge on any atom is 0.255 e. The summed E-state index contributed by atoms with van der Waals surface area (Å²) >= 11 is 0. The second-order valence-corrected chi connectivity index (χ2v) is 17.0. The van der Waals surface area contributed by atoms with Gasteiger partial charge in [0.25, 0.3) is 5.91 Å². The number of carbonyl (C=O) groups excluding carboxylic acids is 6. The molecule has 4 aromatic rings. The van der Waals surface area contributed by atoms with Crippen LogP contribution in [0.5, 0.6) is 11.5 Å². The summed E-state index contributed by atoms with van der Waals surface area (Å²) in [7, 11) is 1.38. The summed E-state index contributed by atoms with van der Waals surface area (Å²) in [5.74, 6) is -2.41. The highest BCUT2D eigenvalue weighted by atomic mass is 16.5. The molecule has 1 aliphatic rings. The fourth-order valence-corrected chi connectivity index (χ4v) is 7.43. The number of nitrogens with one attached hydrogen (secondary N) is 5. The lowest BCUT2D eigenvalue weighted by molar-refractivity contribution is -0.141. The van der Waals surface area contributed by atoms with E-state index in [2.05, 4.69) is 57.3 Å². The van der Waals surface area contributed by atoms with E-state index in [1.165, 1.54) is 20.2 Å². The van der Waals surface area contributed by atoms with Gasteiger partial charge in [0.15, 0.2) is 5.82 Å². The molecule has 9 N–H and O–H groups in total. The first-order valence-corrected chi connectivity index (χ1v) is 21.9. The number of aryl methyl sites for hydroxylation is 1. The van der Waals surface area contributed by atoms with Gasteiger partial charge in [0.05, 0.1) is 17.3 Å². The van der Waals surface area contributed by atoms with Crippen molar-refractivity contribution in [3.05, 3.63) is 94.8 Å². The first kappa shape index (κ1) is 50.6. The second-order valence-electron chi connectivity index (χ2n) is 17.0. The zero-order valence-corrected chi connectivity index (χ0v) is 38.6. The van der Waals surface area contributed by atoms with E-state index < -0.39 is 53.7 Å². The van der Waals surface area contributed by atoms with Crippen molar-refractivity contribution in [1.29, 1.82) is 5.26 Å². The summed E-state index contributed by atoms with van der Waals surface area (Å²) in [6, 6.07) is 14.6. The molecule has 67 heavy (non-hydrogen) atoms. The van der Waals surface area contributed by atoms with Gasteiger partial charge in [-0.15, -0.1) is 0 Å². The van der Waals surface area contributed by atoms with E-state index in [-0.39, 0.29) is 68.8 Å². The quantitative estimate of drug-likeness (QED) is 0.0452. The van der Waals surface area contributed by atoms with Crippen LogP contribution in [0.25, 0.3) is 22.5 Å². The van der Waals surface area contributed by atoms with Gasteiger partial charge < -0.3 is 52.4 Å². The summed E-state index contributed by atoms with van der Waals surface area (Å²) < 4.78 is 12.2. The molecule has 354 valence electrons. The SMILES string of the molecule is Cc1nc(-c2ccc(C(C)(C)C)cc2)ncc1C(=O)N[C@@H](CCNC=O)C(=O)N(C)[C@@H]1C(=O)N[C@@H](C)C(=O)N[C@H](C(=O)NCC#N)Cc2ccc(OCCN)c(c2)-c2cc1ccc2OCCN. The molecule has 19 heteroatoms. The Bertz CT molecular complexity index is 2490. The van der Waals surface area contributed by atoms with Gasteiger partial charge in [0.1, 0.15) is 55.4 Å². The van der Waals surface area contributed by atoms with Gasteiger partial charge in [-0.05, 0) is 66.6 Å². The predicted octanol–water partition coefficient (Wildman–Crippen LogP) is 1.71. The zero-order valence-electron chi connectivity index (χ0n) is 38.6. The molecule has 0 spiro atoms. The van der Waals surface area contributed by atoms with E-state index in [1.807, 2.05) is 30.3 Å². The number of fused-ring (bicyclic) bond motifs is 5. The number of nitrogens with two attached hydrogens (primary N) is 2. The lowest BCUT2D eigenvalue weighted by atomic mass is 9.87. The highest BCUT2D eigenvalue weighted by molar-refractivity contribution is 6.00. The molecule has 0 fully saturated rings. The molecular formula is C48H59N11O8. The molecule has 19 nitrogen and oxygen atoms in total. The van der Waals surface area contributed by atoms with Gasteiger partial charge in [0.2, 0.25) is 30.0 Å². The van der Waals surface area contributed by atoms with Crippen molar-refractivity contribution < 1.29 is 38.2 Å². The second kappa shape index (κ2) is 23.2. The first-order chi connectivity index (χ1) is 32.0. The molecule has 4 atom stereocenters. The van der Waals surface area contributed by atoms with Crippen LogP contribution in [-0.4, -0.2) is 115 Å². The van der Waals surface area contributed by atoms with Gasteiger partial charge in [-0.25, -0.2) is 9.97 Å². The molecule has 0 aliphatic carbocycles. The molecular weight excluding hydrogens is 859 g/mol. The number of nitrogens with zero attached hydrogens (tertiary/aromatic N) is 4. The number of hydrogen-bond donors (Lipinski definition) is 7. The van der Waals surface area contributed by atoms with Gasteiger partial charge in [-0.1, -0.05) is 57.2 Å². The van der Waals surface area contributed by atoms with Gasteiger partial charge in [0, 0.05) is 56.0 Å². The van der Waals surface area contributed by atoms with Crippen LogP contribution in [0.1, 0.15) is 72.9 Å². The highest BCUT2D eigenvalue weighted by Gasteiger charge is 2.36. The number of nitriles is 1. The number of carbonyl (C=O) groups is 6. The van der Waals surface area contributed by atoms with E-state index in [4.69, 9.17) is 20.9 Å². The molecule has 1 aliphatic heterocycles. The van der Waals surface area contributed by atoms with Crippen LogP contribution in [0.15, 0.2) is 66.9 Å². The van der Waals surface area contributed by atoms with Crippen LogP contribution in [0.2, 0.25) is 0 Å². The van der Waals surface area contributed by atoms with Crippen molar-refractivity contribution in [1.82, 2.24) is 41.5 Å². The number of aromatic nitrogens is 2. The Morgan fingerprint density at radius 1 is 0.970 bits per heavy atom. The fourth-order valence-electron chi connectivity index (χ4n) is 7.43. The van der Waals surface area contributed by atoms with Crippen molar-refractivity contribution in [3.63, 3.8) is 0 Å². The van der Waals surface area contributed by atoms with Crippen LogP contribution >= 0.6 is 0 Å². The normalized spacial score (nSPS) is 16.4. The number of likely N-dealkylation sites (N-methyl/N-ethyl adjacent to an activating group) is 1. The number of ether oxygens (including phenoxy) is 2. The molecule has 2 heterocycles. The van der Waals surface area contributed by atoms with Crippen LogP contribution in [0.3, 0.4) is 0 Å². The maximum atomic E-state index is 14.8. The Morgan fingerprint density at radius 3 is 2.24 bits per heavy atom. The van der Waals surface area contributed by atoms with Crippen LogP contribution in [-0.2, 0) is 35.8 Å². The Balaban J connectivity index is 1.58. The van der Waals surface area contributed by atoms with Crippen molar-refractivity contribution in [3.8, 4) is 40.1 Å². The third-order valence-corrected chi connectivity index (χ3v) is 11.1. The van der Waals surface area contributed by atoms with E-state index >= 15 is 0 Å². The summed E-state index contributed by atoms with van der Waals surface area (Å²) in [4.78, 5) is 92.1. The monoisotopic (exact) mass is 917 g/mol. The third kappa shape index (κ3) is 12.9. The van der Waals surface area contributed by atoms with Gasteiger partial charge in [-0.3, -0.25) is 28.8 Å². The zero-order chi connectivity index (χ0) is 48.8. The molecule has 6 amide bonds. The third-order valence-electron chi connectivity index (χ3n) is 11.1. The van der Waals surface area contributed by atoms with Crippen molar-refractivity contribution in [2.24, 2.45) is 11.5 Å². The van der Waals surface area contributed by atoms with Gasteiger partial charge >= 0.3 is 0 Å². The summed E-state index contributed by atoms with van der Waals surface area (Å²) in [5.41, 5.74) is 15.7. The number of rotatable bonds is 17. The van der Waals surface area contributed by atoms with Gasteiger partial charge in [-0.2, -0.15) is 5.26 Å². The number of benzene rings is 3. The average Bonchev–Trinajstić information content (AvgIpc) is 3.30. The smallest absolute Gasteiger partial charge is 0.255 e. The molecule has 0 saturated carbocycles. The summed E-state index contributed by atoms with van der Waals surface area (Å²) in [6.45, 7) is 9.68. The first-order valence-electron chi connectivity index (χ1n) is 21.9. The predicted molar refractivity (Wildman–Crippen MR) is 249 cm³/mol. The van der Waals surface area contributed by atoms with Crippen molar-refractivity contribution in [2.45, 2.75) is 77.0 Å². The Labute approximate surface area is 389 Å². The minimum Gasteiger partial charge on any atom is -0.492 e. The van der Waals surface area contributed by atoms with Crippen LogP contribution < -0.4 is 47.5 Å². The minimum absolute atomic E-state index is 0.0142. The fraction of sp³-hybridized carbons (Fsp3) is 0.396. The van der Waals surface area contributed by atoms with Crippen molar-refractivity contribution in [2.75, 3.05) is 46.4 Å². The largest absolute Gasteiger partial charge is 0.492 e. The maximum absolute atomic E-state index is 14.8. The topological polar surface area (TPSA) is 286 Å². The average molecular weight is 918 g/mol. The van der Waals surface area contributed by atoms with E-state index in [0.29, 0.717) is 46.1 Å². The molecule has 5 rings (SSSR count). The molecule has 3 aromatic carbocycles. The lowest BCUT2D eigenvalue weighted by Crippen LogP contribution is -2.56. The Morgan fingerprint density at radius 2 is 1.63 bits per heavy atom. The molecule has 0 radical (unpaired) electrons. The molecule has 0 unspecified atom stereocenters. The lowest BCUT2D eigenvalue weighted by Gasteiger charge is -2.32. The number of hydrogen-bond acceptors (Lipinski definition) is 13.